The van der Waals surface area contributed by atoms with Crippen LogP contribution >= 0.6 is 0 Å². The first-order valence-electron chi connectivity index (χ1n) is 8.90. The molecule has 4 rings (SSSR count). The van der Waals surface area contributed by atoms with Gasteiger partial charge in [0.05, 0.1) is 0 Å². The maximum atomic E-state index is 4.13. The third-order valence-corrected chi connectivity index (χ3v) is 5.21. The lowest BCUT2D eigenvalue weighted by molar-refractivity contribution is 0.433. The summed E-state index contributed by atoms with van der Waals surface area (Å²) in [5.41, 5.74) is 7.08. The summed E-state index contributed by atoms with van der Waals surface area (Å²) < 4.78 is 2.55. The standard InChI is InChI=1S/C21H25N3/c1-14-4-5-19-18(12-14)21-16(3)23-15(2)13-20(21)24(19)11-8-17-6-9-22-10-7-17/h4-7,9-10,12,15-16,23H,8,11,13H2,1-3H3. The zero-order valence-corrected chi connectivity index (χ0v) is 14.7. The molecule has 3 heterocycles. The largest absolute Gasteiger partial charge is 0.344 e. The van der Waals surface area contributed by atoms with Gasteiger partial charge in [-0.1, -0.05) is 11.6 Å². The molecular formula is C21H25N3. The van der Waals surface area contributed by atoms with Crippen LogP contribution in [0, 0.1) is 6.92 Å². The lowest BCUT2D eigenvalue weighted by atomic mass is 9.95. The maximum Gasteiger partial charge on any atom is 0.0486 e. The first-order valence-corrected chi connectivity index (χ1v) is 8.90. The molecule has 0 aliphatic carbocycles. The molecule has 3 aromatic rings. The number of fused-ring (bicyclic) bond motifs is 3. The molecule has 0 amide bonds. The molecule has 1 aliphatic rings. The second-order valence-electron chi connectivity index (χ2n) is 7.13. The van der Waals surface area contributed by atoms with Gasteiger partial charge in [-0.15, -0.1) is 0 Å². The number of benzene rings is 1. The molecule has 1 aliphatic heterocycles. The predicted molar refractivity (Wildman–Crippen MR) is 99.3 cm³/mol. The van der Waals surface area contributed by atoms with Gasteiger partial charge in [0.2, 0.25) is 0 Å². The second-order valence-corrected chi connectivity index (χ2v) is 7.13. The quantitative estimate of drug-likeness (QED) is 0.785. The highest BCUT2D eigenvalue weighted by Gasteiger charge is 2.27. The molecule has 124 valence electrons. The van der Waals surface area contributed by atoms with Crippen molar-refractivity contribution in [3.63, 3.8) is 0 Å². The number of aromatic nitrogens is 2. The van der Waals surface area contributed by atoms with Gasteiger partial charge in [-0.25, -0.2) is 0 Å². The Kier molecular flexibility index (Phi) is 3.89. The Morgan fingerprint density at radius 1 is 1.17 bits per heavy atom. The molecule has 0 bridgehead atoms. The summed E-state index contributed by atoms with van der Waals surface area (Å²) in [5.74, 6) is 0. The van der Waals surface area contributed by atoms with E-state index in [4.69, 9.17) is 0 Å². The number of aryl methyl sites for hydroxylation is 3. The average molecular weight is 319 g/mol. The Bertz CT molecular complexity index is 864. The van der Waals surface area contributed by atoms with Crippen LogP contribution in [0.3, 0.4) is 0 Å². The highest BCUT2D eigenvalue weighted by Crippen LogP contribution is 2.35. The van der Waals surface area contributed by atoms with Crippen molar-refractivity contribution in [2.45, 2.75) is 52.2 Å². The number of rotatable bonds is 3. The highest BCUT2D eigenvalue weighted by atomic mass is 15.0. The number of pyridine rings is 1. The fraction of sp³-hybridized carbons (Fsp3) is 0.381. The third-order valence-electron chi connectivity index (χ3n) is 5.21. The molecule has 0 saturated carbocycles. The summed E-state index contributed by atoms with van der Waals surface area (Å²) in [7, 11) is 0. The van der Waals surface area contributed by atoms with Crippen molar-refractivity contribution in [2.24, 2.45) is 0 Å². The third kappa shape index (κ3) is 2.63. The molecule has 2 unspecified atom stereocenters. The van der Waals surface area contributed by atoms with Crippen molar-refractivity contribution in [1.29, 1.82) is 0 Å². The van der Waals surface area contributed by atoms with Crippen LogP contribution in [0.2, 0.25) is 0 Å². The fourth-order valence-corrected chi connectivity index (χ4v) is 4.16. The molecule has 24 heavy (non-hydrogen) atoms. The Hall–Kier alpha value is -2.13. The van der Waals surface area contributed by atoms with E-state index >= 15 is 0 Å². The zero-order chi connectivity index (χ0) is 16.7. The van der Waals surface area contributed by atoms with Crippen LogP contribution in [-0.2, 0) is 19.4 Å². The van der Waals surface area contributed by atoms with Crippen LogP contribution in [0.25, 0.3) is 10.9 Å². The van der Waals surface area contributed by atoms with E-state index in [0.29, 0.717) is 12.1 Å². The zero-order valence-electron chi connectivity index (χ0n) is 14.7. The molecular weight excluding hydrogens is 294 g/mol. The van der Waals surface area contributed by atoms with Gasteiger partial charge in [-0.05, 0) is 62.6 Å². The average Bonchev–Trinajstić information content (AvgIpc) is 2.86. The molecule has 3 heteroatoms. The summed E-state index contributed by atoms with van der Waals surface area (Å²) >= 11 is 0. The molecule has 1 aromatic carbocycles. The number of hydrogen-bond donors (Lipinski definition) is 1. The van der Waals surface area contributed by atoms with Crippen LogP contribution in [-0.4, -0.2) is 15.6 Å². The van der Waals surface area contributed by atoms with E-state index in [9.17, 15) is 0 Å². The first kappa shape index (κ1) is 15.4. The van der Waals surface area contributed by atoms with Crippen molar-refractivity contribution >= 4 is 10.9 Å². The minimum Gasteiger partial charge on any atom is -0.344 e. The van der Waals surface area contributed by atoms with Gasteiger partial charge in [0.15, 0.2) is 0 Å². The monoisotopic (exact) mass is 319 g/mol. The van der Waals surface area contributed by atoms with Gasteiger partial charge in [0.1, 0.15) is 0 Å². The lowest BCUT2D eigenvalue weighted by Crippen LogP contribution is -2.36. The minimum atomic E-state index is 0.412. The van der Waals surface area contributed by atoms with E-state index in [1.165, 1.54) is 33.3 Å². The Morgan fingerprint density at radius 3 is 2.75 bits per heavy atom. The fourth-order valence-electron chi connectivity index (χ4n) is 4.16. The van der Waals surface area contributed by atoms with Crippen molar-refractivity contribution < 1.29 is 0 Å². The smallest absolute Gasteiger partial charge is 0.0486 e. The number of nitrogens with one attached hydrogen (secondary N) is 1. The van der Waals surface area contributed by atoms with Crippen molar-refractivity contribution in [3.8, 4) is 0 Å². The molecule has 2 aromatic heterocycles. The molecule has 0 saturated heterocycles. The number of hydrogen-bond acceptors (Lipinski definition) is 2. The summed E-state index contributed by atoms with van der Waals surface area (Å²) in [6.07, 6.45) is 5.92. The summed E-state index contributed by atoms with van der Waals surface area (Å²) in [4.78, 5) is 4.13. The maximum absolute atomic E-state index is 4.13. The summed E-state index contributed by atoms with van der Waals surface area (Å²) in [6.45, 7) is 7.79. The van der Waals surface area contributed by atoms with Crippen molar-refractivity contribution in [3.05, 3.63) is 65.1 Å². The van der Waals surface area contributed by atoms with Gasteiger partial charge >= 0.3 is 0 Å². The topological polar surface area (TPSA) is 29.9 Å². The van der Waals surface area contributed by atoms with Crippen molar-refractivity contribution in [2.75, 3.05) is 0 Å². The van der Waals surface area contributed by atoms with Crippen LogP contribution < -0.4 is 5.32 Å². The molecule has 1 N–H and O–H groups in total. The van der Waals surface area contributed by atoms with Gasteiger partial charge in [-0.2, -0.15) is 0 Å². The summed E-state index contributed by atoms with van der Waals surface area (Å²) in [5, 5.41) is 5.14. The molecule has 3 nitrogen and oxygen atoms in total. The highest BCUT2D eigenvalue weighted by molar-refractivity contribution is 5.87. The van der Waals surface area contributed by atoms with Crippen molar-refractivity contribution in [1.82, 2.24) is 14.9 Å². The minimum absolute atomic E-state index is 0.412. The Labute approximate surface area is 143 Å². The van der Waals surface area contributed by atoms with Gasteiger partial charge in [0, 0.05) is 54.0 Å². The van der Waals surface area contributed by atoms with E-state index in [2.05, 4.69) is 66.0 Å². The number of nitrogens with zero attached hydrogens (tertiary/aromatic N) is 2. The van der Waals surface area contributed by atoms with Gasteiger partial charge < -0.3 is 9.88 Å². The normalized spacial score (nSPS) is 20.3. The van der Waals surface area contributed by atoms with Crippen LogP contribution in [0.1, 0.15) is 42.3 Å². The van der Waals surface area contributed by atoms with E-state index in [-0.39, 0.29) is 0 Å². The molecule has 0 fully saturated rings. The van der Waals surface area contributed by atoms with Crippen LogP contribution in [0.4, 0.5) is 0 Å². The Morgan fingerprint density at radius 2 is 1.96 bits per heavy atom. The lowest BCUT2D eigenvalue weighted by Gasteiger charge is -2.28. The molecule has 2 atom stereocenters. The van der Waals surface area contributed by atoms with E-state index < -0.39 is 0 Å². The summed E-state index contributed by atoms with van der Waals surface area (Å²) in [6, 6.07) is 12.1. The van der Waals surface area contributed by atoms with Crippen LogP contribution in [0.15, 0.2) is 42.7 Å². The van der Waals surface area contributed by atoms with E-state index in [0.717, 1.165) is 19.4 Å². The van der Waals surface area contributed by atoms with Gasteiger partial charge in [-0.3, -0.25) is 4.98 Å². The van der Waals surface area contributed by atoms with Crippen LogP contribution in [0.5, 0.6) is 0 Å². The van der Waals surface area contributed by atoms with Gasteiger partial charge in [0.25, 0.3) is 0 Å². The SMILES string of the molecule is Cc1ccc2c(c1)c1c(n2CCc2ccncc2)CC(C)NC1C. The second kappa shape index (κ2) is 6.06. The molecule has 0 radical (unpaired) electrons. The Balaban J connectivity index is 1.80. The predicted octanol–water partition coefficient (Wildman–Crippen LogP) is 4.18. The van der Waals surface area contributed by atoms with E-state index in [1.807, 2.05) is 12.4 Å². The van der Waals surface area contributed by atoms with E-state index in [1.54, 1.807) is 0 Å². The first-order chi connectivity index (χ1) is 11.6. The molecule has 0 spiro atoms.